The van der Waals surface area contributed by atoms with Crippen LogP contribution in [-0.4, -0.2) is 56.5 Å². The molecule has 1 atom stereocenters. The zero-order valence-electron chi connectivity index (χ0n) is 19.4. The first kappa shape index (κ1) is 25.6. The van der Waals surface area contributed by atoms with E-state index < -0.39 is 29.1 Å². The van der Waals surface area contributed by atoms with E-state index in [4.69, 9.17) is 9.47 Å². The van der Waals surface area contributed by atoms with Crippen LogP contribution in [0.4, 0.5) is 5.69 Å². The van der Waals surface area contributed by atoms with Gasteiger partial charge >= 0.3 is 5.97 Å². The summed E-state index contributed by atoms with van der Waals surface area (Å²) in [6.07, 6.45) is 2.13. The molecule has 0 radical (unpaired) electrons. The van der Waals surface area contributed by atoms with Crippen molar-refractivity contribution in [3.63, 3.8) is 0 Å². The number of ether oxygens (including phenoxy) is 2. The zero-order valence-corrected chi connectivity index (χ0v) is 20.2. The molecule has 1 aromatic carbocycles. The Morgan fingerprint density at radius 2 is 1.88 bits per heavy atom. The lowest BCUT2D eigenvalue weighted by Crippen LogP contribution is -2.31. The number of aromatic nitrogens is 1. The van der Waals surface area contributed by atoms with Crippen LogP contribution in [0.3, 0.4) is 0 Å². The lowest BCUT2D eigenvalue weighted by Gasteiger charge is -2.14. The highest BCUT2D eigenvalue weighted by molar-refractivity contribution is 7.89. The predicted molar refractivity (Wildman–Crippen MR) is 124 cm³/mol. The largest absolute Gasteiger partial charge is 0.456 e. The van der Waals surface area contributed by atoms with Gasteiger partial charge in [-0.3, -0.25) is 14.4 Å². The van der Waals surface area contributed by atoms with Gasteiger partial charge < -0.3 is 19.4 Å². The summed E-state index contributed by atoms with van der Waals surface area (Å²) in [5.41, 5.74) is 2.60. The predicted octanol–water partition coefficient (Wildman–Crippen LogP) is 1.95. The SMILES string of the molecule is CC(=O)Nc1ccc(S(=O)(=O)NCC(=O)OCC(=O)c2cc(C)n(C[C@@H]3CCCO3)c2C)cc1. The summed E-state index contributed by atoms with van der Waals surface area (Å²) in [5, 5.41) is 2.53. The van der Waals surface area contributed by atoms with Gasteiger partial charge in [0.05, 0.1) is 11.0 Å². The molecule has 0 saturated carbocycles. The van der Waals surface area contributed by atoms with Crippen molar-refractivity contribution >= 4 is 33.4 Å². The summed E-state index contributed by atoms with van der Waals surface area (Å²) in [6, 6.07) is 7.22. The number of amides is 1. The quantitative estimate of drug-likeness (QED) is 0.383. The third-order valence-corrected chi connectivity index (χ3v) is 6.96. The van der Waals surface area contributed by atoms with Crippen molar-refractivity contribution < 1.29 is 32.3 Å². The minimum atomic E-state index is -3.98. The number of carbonyl (C=O) groups excluding carboxylic acids is 3. The van der Waals surface area contributed by atoms with Gasteiger partial charge in [-0.15, -0.1) is 0 Å². The van der Waals surface area contributed by atoms with E-state index in [0.717, 1.165) is 30.8 Å². The van der Waals surface area contributed by atoms with Crippen molar-refractivity contribution in [3.05, 3.63) is 47.3 Å². The number of benzene rings is 1. The number of hydrogen-bond donors (Lipinski definition) is 2. The molecule has 34 heavy (non-hydrogen) atoms. The standard InChI is InChI=1S/C23H29N3O7S/c1-15-11-21(16(2)26(15)13-19-5-4-10-32-19)22(28)14-33-23(29)12-24-34(30,31)20-8-6-18(7-9-20)25-17(3)27/h6-9,11,19,24H,4-5,10,12-14H2,1-3H3,(H,25,27)/t19-/m0/s1. The monoisotopic (exact) mass is 491 g/mol. The summed E-state index contributed by atoms with van der Waals surface area (Å²) in [7, 11) is -3.98. The number of esters is 1. The van der Waals surface area contributed by atoms with Gasteiger partial charge in [-0.1, -0.05) is 0 Å². The summed E-state index contributed by atoms with van der Waals surface area (Å²) in [5.74, 6) is -1.52. The number of hydrogen-bond acceptors (Lipinski definition) is 7. The van der Waals surface area contributed by atoms with Crippen LogP contribution >= 0.6 is 0 Å². The van der Waals surface area contributed by atoms with Gasteiger partial charge in [0.25, 0.3) is 0 Å². The first-order chi connectivity index (χ1) is 16.1. The van der Waals surface area contributed by atoms with Crippen molar-refractivity contribution in [2.75, 3.05) is 25.1 Å². The van der Waals surface area contributed by atoms with Crippen LogP contribution in [0, 0.1) is 13.8 Å². The first-order valence-electron chi connectivity index (χ1n) is 10.9. The molecule has 1 amide bonds. The maximum atomic E-state index is 12.6. The Morgan fingerprint density at radius 1 is 1.18 bits per heavy atom. The van der Waals surface area contributed by atoms with Crippen molar-refractivity contribution in [1.29, 1.82) is 0 Å². The normalized spacial score (nSPS) is 15.8. The van der Waals surface area contributed by atoms with E-state index >= 15 is 0 Å². The molecule has 1 aromatic heterocycles. The topological polar surface area (TPSA) is 133 Å². The van der Waals surface area contributed by atoms with Gasteiger partial charge in [0, 0.05) is 42.7 Å². The third-order valence-electron chi connectivity index (χ3n) is 5.54. The molecule has 2 aromatic rings. The molecule has 10 nitrogen and oxygen atoms in total. The molecule has 1 aliphatic rings. The number of nitrogens with zero attached hydrogens (tertiary/aromatic N) is 1. The van der Waals surface area contributed by atoms with E-state index in [-0.39, 0.29) is 22.7 Å². The fraction of sp³-hybridized carbons (Fsp3) is 0.435. The second kappa shape index (κ2) is 10.9. The zero-order chi connectivity index (χ0) is 24.9. The number of nitrogens with one attached hydrogen (secondary N) is 2. The Hall–Kier alpha value is -3.02. The second-order valence-electron chi connectivity index (χ2n) is 8.14. The lowest BCUT2D eigenvalue weighted by molar-refractivity contribution is -0.141. The maximum absolute atomic E-state index is 12.6. The van der Waals surface area contributed by atoms with Crippen LogP contribution in [0.15, 0.2) is 35.2 Å². The Morgan fingerprint density at radius 3 is 2.50 bits per heavy atom. The Balaban J connectivity index is 1.51. The second-order valence-corrected chi connectivity index (χ2v) is 9.91. The molecule has 0 bridgehead atoms. The average molecular weight is 492 g/mol. The summed E-state index contributed by atoms with van der Waals surface area (Å²) >= 11 is 0. The molecule has 1 aliphatic heterocycles. The van der Waals surface area contributed by atoms with Gasteiger partial charge in [-0.25, -0.2) is 8.42 Å². The van der Waals surface area contributed by atoms with E-state index in [0.29, 0.717) is 17.8 Å². The molecule has 11 heteroatoms. The Bertz CT molecular complexity index is 1160. The van der Waals surface area contributed by atoms with Crippen LogP contribution in [0.5, 0.6) is 0 Å². The third kappa shape index (κ3) is 6.52. The number of Topliss-reactive ketones (excluding diaryl/α,β-unsaturated/α-hetero) is 1. The summed E-state index contributed by atoms with van der Waals surface area (Å²) < 4.78 is 39.6. The van der Waals surface area contributed by atoms with Gasteiger partial charge in [0.15, 0.2) is 6.61 Å². The van der Waals surface area contributed by atoms with E-state index in [1.54, 1.807) is 6.07 Å². The van der Waals surface area contributed by atoms with Gasteiger partial charge in [-0.2, -0.15) is 4.72 Å². The van der Waals surface area contributed by atoms with Crippen molar-refractivity contribution in [3.8, 4) is 0 Å². The molecule has 1 fully saturated rings. The minimum absolute atomic E-state index is 0.0795. The highest BCUT2D eigenvalue weighted by Gasteiger charge is 2.22. The van der Waals surface area contributed by atoms with Crippen LogP contribution < -0.4 is 10.0 Å². The smallest absolute Gasteiger partial charge is 0.321 e. The van der Waals surface area contributed by atoms with Crippen molar-refractivity contribution in [1.82, 2.24) is 9.29 Å². The van der Waals surface area contributed by atoms with E-state index in [1.807, 2.05) is 18.4 Å². The molecule has 0 aliphatic carbocycles. The maximum Gasteiger partial charge on any atom is 0.321 e. The van der Waals surface area contributed by atoms with Crippen LogP contribution in [-0.2, 0) is 35.6 Å². The molecule has 3 rings (SSSR count). The number of rotatable bonds is 10. The fourth-order valence-electron chi connectivity index (χ4n) is 3.79. The number of sulfonamides is 1. The number of carbonyl (C=O) groups is 3. The number of anilines is 1. The van der Waals surface area contributed by atoms with Gasteiger partial charge in [0.2, 0.25) is 21.7 Å². The van der Waals surface area contributed by atoms with Crippen LogP contribution in [0.25, 0.3) is 0 Å². The average Bonchev–Trinajstić information content (AvgIpc) is 3.40. The molecule has 2 heterocycles. The Labute approximate surface area is 198 Å². The molecule has 0 spiro atoms. The lowest BCUT2D eigenvalue weighted by atomic mass is 10.1. The minimum Gasteiger partial charge on any atom is -0.456 e. The molecule has 1 saturated heterocycles. The first-order valence-corrected chi connectivity index (χ1v) is 12.4. The fourth-order valence-corrected chi connectivity index (χ4v) is 4.76. The van der Waals surface area contributed by atoms with E-state index in [2.05, 4.69) is 10.0 Å². The van der Waals surface area contributed by atoms with Crippen molar-refractivity contribution in [2.45, 2.75) is 51.2 Å². The van der Waals surface area contributed by atoms with Crippen molar-refractivity contribution in [2.24, 2.45) is 0 Å². The number of ketones is 1. The molecule has 2 N–H and O–H groups in total. The highest BCUT2D eigenvalue weighted by atomic mass is 32.2. The number of aryl methyl sites for hydroxylation is 1. The molecular weight excluding hydrogens is 462 g/mol. The summed E-state index contributed by atoms with van der Waals surface area (Å²) in [6.45, 7) is 5.38. The van der Waals surface area contributed by atoms with E-state index in [1.165, 1.54) is 31.2 Å². The van der Waals surface area contributed by atoms with Gasteiger partial charge in [0.1, 0.15) is 6.54 Å². The highest BCUT2D eigenvalue weighted by Crippen LogP contribution is 2.21. The Kier molecular flexibility index (Phi) is 8.24. The summed E-state index contributed by atoms with van der Waals surface area (Å²) in [4.78, 5) is 35.6. The van der Waals surface area contributed by atoms with Gasteiger partial charge in [-0.05, 0) is 57.0 Å². The molecule has 0 unspecified atom stereocenters. The van der Waals surface area contributed by atoms with E-state index in [9.17, 15) is 22.8 Å². The van der Waals surface area contributed by atoms with Crippen LogP contribution in [0.2, 0.25) is 0 Å². The van der Waals surface area contributed by atoms with Crippen LogP contribution in [0.1, 0.15) is 41.5 Å². The molecular formula is C23H29N3O7S. The molecule has 184 valence electrons.